The number of terminal acetylenes is 1. The summed E-state index contributed by atoms with van der Waals surface area (Å²) in [6.07, 6.45) is -14.7. The third-order valence-electron chi connectivity index (χ3n) is 13.1. The third-order valence-corrected chi connectivity index (χ3v) is 14.0. The molecule has 0 saturated carbocycles. The zero-order valence-electron chi connectivity index (χ0n) is 46.1. The van der Waals surface area contributed by atoms with Crippen LogP contribution in [0.5, 0.6) is 0 Å². The molecule has 0 aliphatic carbocycles. The van der Waals surface area contributed by atoms with E-state index in [0.717, 1.165) is 41.5 Å². The summed E-state index contributed by atoms with van der Waals surface area (Å²) in [7, 11) is -4.97. The molecule has 418 valence electrons. The molecule has 0 spiro atoms. The zero-order valence-corrected chi connectivity index (χ0v) is 45.6. The smallest absolute Gasteiger partial charge is 0.147 e. The molecule has 15 atom stereocenters. The number of fused-ring (bicyclic) bond motifs is 6. The lowest BCUT2D eigenvalue weighted by Gasteiger charge is -2.37. The summed E-state index contributed by atoms with van der Waals surface area (Å²) in [5.41, 5.74) is 4.43. The van der Waals surface area contributed by atoms with Crippen LogP contribution in [0.4, 0.5) is 0 Å². The average Bonchev–Trinajstić information content (AvgIpc) is 4.12. The Hall–Kier alpha value is -3.83. The maximum Gasteiger partial charge on any atom is 0.147 e. The van der Waals surface area contributed by atoms with E-state index in [0.29, 0.717) is 28.7 Å². The molecule has 0 amide bonds. The van der Waals surface area contributed by atoms with Gasteiger partial charge in [0.15, 0.2) is 0 Å². The second kappa shape index (κ2) is 29.1. The highest BCUT2D eigenvalue weighted by Crippen LogP contribution is 2.34. The monoisotopic (exact) mass is 1320 g/mol. The highest BCUT2D eigenvalue weighted by atomic mass is 127. The minimum atomic E-state index is -2.61. The number of halogens is 3. The van der Waals surface area contributed by atoms with Crippen LogP contribution in [0.1, 0.15) is 26.8 Å². The number of aromatic nitrogens is 2. The minimum absolute atomic E-state index is 0. The minimum Gasteiger partial charge on any atom is -0.394 e. The fourth-order valence-electron chi connectivity index (χ4n) is 9.04. The number of hydrogen-bond donors (Lipinski definition) is 12. The van der Waals surface area contributed by atoms with Gasteiger partial charge in [0.05, 0.1) is 63.3 Å². The van der Waals surface area contributed by atoms with Crippen LogP contribution < -0.4 is 0 Å². The number of aliphatic hydroxyl groups is 12. The molecule has 5 heterocycles. The van der Waals surface area contributed by atoms with Gasteiger partial charge in [0, 0.05) is 68.8 Å². The molecule has 9 rings (SSSR count). The first-order valence-corrected chi connectivity index (χ1v) is 25.0. The lowest BCUT2D eigenvalue weighted by atomic mass is 9.95. The van der Waals surface area contributed by atoms with Gasteiger partial charge in [-0.2, -0.15) is 0 Å². The second-order valence-electron chi connectivity index (χ2n) is 17.7. The molecule has 19 nitrogen and oxygen atoms in total. The quantitative estimate of drug-likeness (QED) is 0.0722. The maximum atomic E-state index is 10.3. The van der Waals surface area contributed by atoms with Crippen molar-refractivity contribution in [2.75, 3.05) is 47.1 Å². The summed E-state index contributed by atoms with van der Waals surface area (Å²) in [5.74, 6) is 13.4. The molecular formula is C55H65Br2IN2O17. The van der Waals surface area contributed by atoms with Crippen LogP contribution in [-0.2, 0) is 36.8 Å². The fourth-order valence-corrected chi connectivity index (χ4v) is 9.74. The van der Waals surface area contributed by atoms with Crippen LogP contribution >= 0.6 is 55.8 Å². The molecule has 3 aliphatic rings. The Morgan fingerprint density at radius 3 is 1.17 bits per heavy atom. The van der Waals surface area contributed by atoms with Crippen molar-refractivity contribution < 1.29 is 93.2 Å². The average molecular weight is 1320 g/mol. The molecule has 4 aromatic carbocycles. The topological polar surface area (TPSA) is 299 Å². The number of methoxy groups -OCH3 is 2. The number of hydrogen-bond acceptors (Lipinski definition) is 17. The van der Waals surface area contributed by atoms with E-state index in [9.17, 15) is 56.2 Å². The van der Waals surface area contributed by atoms with Crippen molar-refractivity contribution in [1.82, 2.24) is 9.13 Å². The number of rotatable bonds is 9. The summed E-state index contributed by atoms with van der Waals surface area (Å²) < 4.78 is 75.3. The molecule has 0 bridgehead atoms. The van der Waals surface area contributed by atoms with Gasteiger partial charge in [-0.05, 0) is 48.5 Å². The molecular weight excluding hydrogens is 1250 g/mol. The Morgan fingerprint density at radius 1 is 0.506 bits per heavy atom. The molecule has 22 heteroatoms. The van der Waals surface area contributed by atoms with Crippen molar-refractivity contribution in [3.8, 4) is 36.0 Å². The van der Waals surface area contributed by atoms with Crippen LogP contribution in [-0.4, -0.2) is 209 Å². The fraction of sp³-hybridized carbons (Fsp3) is 0.455. The maximum absolute atomic E-state index is 10.3. The van der Waals surface area contributed by atoms with Gasteiger partial charge < -0.3 is 94.1 Å². The zero-order chi connectivity index (χ0) is 59.2. The Bertz CT molecular complexity index is 3150. The van der Waals surface area contributed by atoms with Crippen LogP contribution in [0, 0.1) is 36.0 Å². The van der Waals surface area contributed by atoms with E-state index in [2.05, 4.69) is 78.2 Å². The van der Waals surface area contributed by atoms with Crippen molar-refractivity contribution in [2.24, 2.45) is 0 Å². The molecule has 3 saturated heterocycles. The van der Waals surface area contributed by atoms with Gasteiger partial charge >= 0.3 is 0 Å². The lowest BCUT2D eigenvalue weighted by molar-refractivity contribution is -0.214. The molecule has 12 N–H and O–H groups in total. The standard InChI is InChI=1S/C31H35NO11.C15H13Br2NO.C8H12O5.CH4.HI/c1-41-11-10-32-20-12-16(4-8-22-26(35)30(39)28(37)24(14-33)42-22)2-6-18(20)19-7-3-17(13-21(19)32)5-9-23-27(36)31(40)29(38)25(15-34)43-23;1-19-7-6-18-14-8-10(16)2-4-12(14)13-5-3-11(17)9-15(13)18;1-2-4-6(10)8(12)7(11)5(3-9)13-4;;/h2-3,6-7,12-13,22-31,33-40H,10-11,14-15H2,1H3;2-5,8-9H,6-7H2,1H3;1,4-12H,3H2;1H4;1H/t22-,23-,24-,25-,26-,27-,28-,29-,30-,31-;;4-,5-,6-,7-,8-;;/m1.1../s1/i2*1D3;;;. The van der Waals surface area contributed by atoms with Crippen molar-refractivity contribution in [3.05, 3.63) is 92.9 Å². The number of ether oxygens (including phenoxy) is 5. The van der Waals surface area contributed by atoms with Crippen molar-refractivity contribution in [1.29, 1.82) is 0 Å². The van der Waals surface area contributed by atoms with E-state index in [-0.39, 0.29) is 51.2 Å². The molecule has 6 aromatic rings. The predicted molar refractivity (Wildman–Crippen MR) is 304 cm³/mol. The molecule has 0 radical (unpaired) electrons. The first-order valence-electron chi connectivity index (χ1n) is 26.4. The molecule has 3 fully saturated rings. The van der Waals surface area contributed by atoms with Crippen LogP contribution in [0.2, 0.25) is 0 Å². The highest BCUT2D eigenvalue weighted by molar-refractivity contribution is 14.0. The lowest BCUT2D eigenvalue weighted by Crippen LogP contribution is -2.58. The van der Waals surface area contributed by atoms with Gasteiger partial charge in [0.1, 0.15) is 91.6 Å². The Balaban J connectivity index is 0.000000280. The first-order chi connectivity index (χ1) is 38.3. The van der Waals surface area contributed by atoms with Gasteiger partial charge in [-0.1, -0.05) is 93.2 Å². The summed E-state index contributed by atoms with van der Waals surface area (Å²) >= 11 is 6.99. The van der Waals surface area contributed by atoms with Crippen LogP contribution in [0.25, 0.3) is 43.6 Å². The Kier molecular flexibility index (Phi) is 20.8. The van der Waals surface area contributed by atoms with E-state index in [1.54, 1.807) is 24.3 Å². The SMILES string of the molecule is C.C#C[C@H]1O[C@H](CO)[C@@H](O)[C@H](O)[C@@H]1O.I.[2H]C([2H])([2H])OCCn1c2cc(Br)ccc2c2ccc(Br)cc21.[2H]C([2H])([2H])OCCn1c2cc(C#C[C@H]3O[C@H](CO)[C@@H](O)[C@H](O)[C@@H]3O)ccc2c2ccc(C#C[C@H]3O[C@H](CO)[C@@H](O)[C@H](O)[C@@H]3O)cc21. The van der Waals surface area contributed by atoms with E-state index in [4.69, 9.17) is 43.4 Å². The van der Waals surface area contributed by atoms with Crippen LogP contribution in [0.15, 0.2) is 81.7 Å². The molecule has 0 unspecified atom stereocenters. The Labute approximate surface area is 487 Å². The van der Waals surface area contributed by atoms with Crippen LogP contribution in [0.3, 0.4) is 0 Å². The molecule has 2 aromatic heterocycles. The van der Waals surface area contributed by atoms with Gasteiger partial charge in [-0.15, -0.1) is 30.4 Å². The van der Waals surface area contributed by atoms with E-state index >= 15 is 0 Å². The number of aliphatic hydroxyl groups excluding tert-OH is 12. The largest absolute Gasteiger partial charge is 0.394 e. The first kappa shape index (κ1) is 55.1. The normalized spacial score (nSPS) is 30.3. The summed E-state index contributed by atoms with van der Waals surface area (Å²) in [4.78, 5) is 0. The van der Waals surface area contributed by atoms with E-state index in [1.165, 1.54) is 0 Å². The predicted octanol–water partition coefficient (Wildman–Crippen LogP) is 1.51. The second-order valence-corrected chi connectivity index (χ2v) is 19.6. The van der Waals surface area contributed by atoms with Gasteiger partial charge in [0.25, 0.3) is 0 Å². The number of nitrogens with zero attached hydrogens (tertiary/aromatic N) is 2. The Morgan fingerprint density at radius 2 is 0.831 bits per heavy atom. The number of benzene rings is 4. The molecule has 77 heavy (non-hydrogen) atoms. The highest BCUT2D eigenvalue weighted by Gasteiger charge is 2.44. The van der Waals surface area contributed by atoms with Gasteiger partial charge in [-0.25, -0.2) is 0 Å². The van der Waals surface area contributed by atoms with Crippen molar-refractivity contribution in [2.45, 2.75) is 112 Å². The van der Waals surface area contributed by atoms with Crippen molar-refractivity contribution >= 4 is 99.4 Å². The van der Waals surface area contributed by atoms with E-state index < -0.39 is 125 Å². The third kappa shape index (κ3) is 14.2. The summed E-state index contributed by atoms with van der Waals surface area (Å²) in [6, 6.07) is 22.8. The van der Waals surface area contributed by atoms with Gasteiger partial charge in [0.2, 0.25) is 0 Å². The van der Waals surface area contributed by atoms with Gasteiger partial charge in [-0.3, -0.25) is 0 Å². The summed E-state index contributed by atoms with van der Waals surface area (Å²) in [6.45, 7) is -1.03. The summed E-state index contributed by atoms with van der Waals surface area (Å²) in [5, 5.41) is 120. The van der Waals surface area contributed by atoms with E-state index in [1.807, 2.05) is 41.0 Å². The molecule has 3 aliphatic heterocycles. The van der Waals surface area contributed by atoms with Crippen molar-refractivity contribution in [3.63, 3.8) is 0 Å².